The van der Waals surface area contributed by atoms with Crippen molar-refractivity contribution in [2.45, 2.75) is 19.3 Å². The van der Waals surface area contributed by atoms with Crippen LogP contribution < -0.4 is 0 Å². The van der Waals surface area contributed by atoms with Crippen molar-refractivity contribution < 1.29 is 5.11 Å². The Labute approximate surface area is 193 Å². The number of nitrogens with one attached hydrogen (secondary N) is 1. The van der Waals surface area contributed by atoms with Crippen LogP contribution in [0.25, 0.3) is 22.0 Å². The molecule has 0 saturated heterocycles. The molecule has 0 aliphatic carbocycles. The van der Waals surface area contributed by atoms with Crippen LogP contribution in [0.5, 0.6) is 5.75 Å². The van der Waals surface area contributed by atoms with Crippen molar-refractivity contribution in [2.75, 3.05) is 0 Å². The Morgan fingerprint density at radius 3 is 1.94 bits per heavy atom. The second-order valence-corrected chi connectivity index (χ2v) is 8.49. The Kier molecular flexibility index (Phi) is 4.99. The summed E-state index contributed by atoms with van der Waals surface area (Å²) in [6, 6.07) is 34.2. The number of hydrogen-bond acceptors (Lipinski definition) is 2. The summed E-state index contributed by atoms with van der Waals surface area (Å²) in [5.74, 6) is 0.177. The van der Waals surface area contributed by atoms with Gasteiger partial charge in [0.15, 0.2) is 0 Å². The number of aromatic hydroxyl groups is 1. The molecule has 1 heterocycles. The van der Waals surface area contributed by atoms with Gasteiger partial charge in [0.25, 0.3) is 0 Å². The number of aromatic nitrogens is 1. The van der Waals surface area contributed by atoms with E-state index in [1.165, 1.54) is 5.56 Å². The van der Waals surface area contributed by atoms with E-state index >= 15 is 0 Å². The fourth-order valence-corrected chi connectivity index (χ4v) is 4.65. The molecule has 3 nitrogen and oxygen atoms in total. The smallest absolute Gasteiger partial charge is 0.132 e. The lowest BCUT2D eigenvalue weighted by Gasteiger charge is -2.29. The number of phenolic OH excluding ortho intramolecular Hbond substituents is 1. The quantitative estimate of drug-likeness (QED) is 0.302. The van der Waals surface area contributed by atoms with Crippen LogP contribution >= 0.6 is 0 Å². The van der Waals surface area contributed by atoms with E-state index in [4.69, 9.17) is 0 Å². The van der Waals surface area contributed by atoms with Gasteiger partial charge in [-0.05, 0) is 65.4 Å². The van der Waals surface area contributed by atoms with Crippen molar-refractivity contribution in [2.24, 2.45) is 0 Å². The van der Waals surface area contributed by atoms with Gasteiger partial charge in [-0.1, -0.05) is 78.9 Å². The van der Waals surface area contributed by atoms with Crippen molar-refractivity contribution >= 4 is 10.9 Å². The third kappa shape index (κ3) is 3.37. The minimum atomic E-state index is -1.02. The van der Waals surface area contributed by atoms with Crippen LogP contribution in [-0.4, -0.2) is 10.1 Å². The third-order valence-electron chi connectivity index (χ3n) is 6.63. The van der Waals surface area contributed by atoms with E-state index in [2.05, 4.69) is 61.3 Å². The summed E-state index contributed by atoms with van der Waals surface area (Å²) in [5.41, 5.74) is 7.16. The van der Waals surface area contributed by atoms with E-state index in [1.54, 1.807) is 12.1 Å². The van der Waals surface area contributed by atoms with E-state index in [1.807, 2.05) is 48.5 Å². The Hall–Kier alpha value is -4.29. The van der Waals surface area contributed by atoms with Crippen molar-refractivity contribution in [1.29, 1.82) is 5.26 Å². The zero-order valence-electron chi connectivity index (χ0n) is 18.6. The van der Waals surface area contributed by atoms with E-state index in [0.717, 1.165) is 44.4 Å². The predicted octanol–water partition coefficient (Wildman–Crippen LogP) is 7.02. The molecule has 0 amide bonds. The zero-order chi connectivity index (χ0) is 23.0. The molecule has 0 bridgehead atoms. The fourth-order valence-electron chi connectivity index (χ4n) is 4.65. The number of fused-ring (bicyclic) bond motifs is 1. The summed E-state index contributed by atoms with van der Waals surface area (Å²) in [4.78, 5) is 3.46. The highest BCUT2D eigenvalue weighted by molar-refractivity contribution is 5.86. The van der Waals surface area contributed by atoms with Crippen LogP contribution in [0, 0.1) is 25.2 Å². The molecule has 1 atom stereocenters. The first kappa shape index (κ1) is 20.6. The highest BCUT2D eigenvalue weighted by Gasteiger charge is 2.37. The normalized spacial score (nSPS) is 12.9. The molecular weight excluding hydrogens is 404 g/mol. The summed E-state index contributed by atoms with van der Waals surface area (Å²) in [5, 5.41) is 21.7. The lowest BCUT2D eigenvalue weighted by atomic mass is 9.70. The summed E-state index contributed by atoms with van der Waals surface area (Å²) in [6.45, 7) is 4.17. The van der Waals surface area contributed by atoms with Gasteiger partial charge in [0.2, 0.25) is 0 Å². The van der Waals surface area contributed by atoms with Crippen molar-refractivity contribution in [3.05, 3.63) is 125 Å². The number of hydrogen-bond donors (Lipinski definition) is 2. The highest BCUT2D eigenvalue weighted by Crippen LogP contribution is 2.41. The first-order valence-electron chi connectivity index (χ1n) is 11.0. The molecule has 0 aliphatic heterocycles. The number of benzene rings is 4. The SMILES string of the molecule is Cc1[nH]c2cc(C(C#N)(c3ccc(O)cc3)c3ccc(-c4ccccc4)cc3)ccc2c1C. The maximum atomic E-state index is 10.7. The molecule has 4 aromatic carbocycles. The van der Waals surface area contributed by atoms with Crippen molar-refractivity contribution in [3.63, 3.8) is 0 Å². The molecule has 3 heteroatoms. The summed E-state index contributed by atoms with van der Waals surface area (Å²) < 4.78 is 0. The van der Waals surface area contributed by atoms with Crippen LogP contribution in [0.3, 0.4) is 0 Å². The standard InChI is InChI=1S/C30H24N2O/c1-20-21(2)32-29-18-26(14-17-28(20)29)30(19-31,25-12-15-27(33)16-13-25)24-10-8-23(9-11-24)22-6-4-3-5-7-22/h3-18,32-33H,1-2H3. The minimum Gasteiger partial charge on any atom is -0.508 e. The topological polar surface area (TPSA) is 59.8 Å². The molecule has 0 fully saturated rings. The van der Waals surface area contributed by atoms with Gasteiger partial charge in [-0.15, -0.1) is 0 Å². The molecule has 2 N–H and O–H groups in total. The van der Waals surface area contributed by atoms with E-state index in [-0.39, 0.29) is 5.75 Å². The Balaban J connectivity index is 1.73. The van der Waals surface area contributed by atoms with Gasteiger partial charge in [-0.3, -0.25) is 0 Å². The van der Waals surface area contributed by atoms with E-state index in [9.17, 15) is 10.4 Å². The fraction of sp³-hybridized carbons (Fsp3) is 0.100. The first-order chi connectivity index (χ1) is 16.0. The molecule has 5 aromatic rings. The molecule has 33 heavy (non-hydrogen) atoms. The summed E-state index contributed by atoms with van der Waals surface area (Å²) >= 11 is 0. The van der Waals surface area contributed by atoms with Crippen molar-refractivity contribution in [3.8, 4) is 22.9 Å². The number of rotatable bonds is 4. The van der Waals surface area contributed by atoms with Crippen LogP contribution in [0.1, 0.15) is 27.9 Å². The van der Waals surface area contributed by atoms with Gasteiger partial charge in [0.05, 0.1) is 6.07 Å². The molecule has 0 saturated carbocycles. The third-order valence-corrected chi connectivity index (χ3v) is 6.63. The van der Waals surface area contributed by atoms with E-state index < -0.39 is 5.41 Å². The molecule has 1 aromatic heterocycles. The molecule has 160 valence electrons. The molecule has 0 radical (unpaired) electrons. The summed E-state index contributed by atoms with van der Waals surface area (Å²) in [6.07, 6.45) is 0. The monoisotopic (exact) mass is 428 g/mol. The van der Waals surface area contributed by atoms with Crippen LogP contribution in [0.15, 0.2) is 97.1 Å². The van der Waals surface area contributed by atoms with Crippen LogP contribution in [0.2, 0.25) is 0 Å². The van der Waals surface area contributed by atoms with Crippen LogP contribution in [-0.2, 0) is 5.41 Å². The Morgan fingerprint density at radius 1 is 0.727 bits per heavy atom. The number of aryl methyl sites for hydroxylation is 2. The van der Waals surface area contributed by atoms with Gasteiger partial charge in [-0.2, -0.15) is 5.26 Å². The lowest BCUT2D eigenvalue weighted by molar-refractivity contribution is 0.475. The number of aromatic amines is 1. The van der Waals surface area contributed by atoms with Crippen molar-refractivity contribution in [1.82, 2.24) is 4.98 Å². The number of nitrogens with zero attached hydrogens (tertiary/aromatic N) is 1. The van der Waals surface area contributed by atoms with Gasteiger partial charge < -0.3 is 10.1 Å². The Bertz CT molecular complexity index is 1470. The summed E-state index contributed by atoms with van der Waals surface area (Å²) in [7, 11) is 0. The average molecular weight is 429 g/mol. The largest absolute Gasteiger partial charge is 0.508 e. The molecular formula is C30H24N2O. The molecule has 5 rings (SSSR count). The van der Waals surface area contributed by atoms with Gasteiger partial charge in [0, 0.05) is 16.6 Å². The molecule has 0 aliphatic rings. The average Bonchev–Trinajstić information content (AvgIpc) is 3.15. The number of H-pyrrole nitrogens is 1. The predicted molar refractivity (Wildman–Crippen MR) is 133 cm³/mol. The maximum Gasteiger partial charge on any atom is 0.132 e. The van der Waals surface area contributed by atoms with Gasteiger partial charge in [-0.25, -0.2) is 0 Å². The number of nitriles is 1. The lowest BCUT2D eigenvalue weighted by Crippen LogP contribution is -2.27. The van der Waals surface area contributed by atoms with Crippen LogP contribution in [0.4, 0.5) is 0 Å². The highest BCUT2D eigenvalue weighted by atomic mass is 16.3. The second-order valence-electron chi connectivity index (χ2n) is 8.49. The second kappa shape index (κ2) is 8.00. The minimum absolute atomic E-state index is 0.177. The van der Waals surface area contributed by atoms with Gasteiger partial charge >= 0.3 is 0 Å². The molecule has 1 unspecified atom stereocenters. The Morgan fingerprint density at radius 2 is 1.30 bits per heavy atom. The van der Waals surface area contributed by atoms with Gasteiger partial charge in [0.1, 0.15) is 11.2 Å². The molecule has 0 spiro atoms. The maximum absolute atomic E-state index is 10.7. The zero-order valence-corrected chi connectivity index (χ0v) is 18.6. The number of phenols is 1. The van der Waals surface area contributed by atoms with E-state index in [0.29, 0.717) is 0 Å². The first-order valence-corrected chi connectivity index (χ1v) is 11.0.